The Morgan fingerprint density at radius 3 is 2.75 bits per heavy atom. The maximum atomic E-state index is 8.99. The molecule has 4 heteroatoms. The van der Waals surface area contributed by atoms with E-state index in [1.807, 2.05) is 18.2 Å². The Balaban J connectivity index is 1.95. The van der Waals surface area contributed by atoms with E-state index in [2.05, 4.69) is 16.1 Å². The fourth-order valence-corrected chi connectivity index (χ4v) is 3.92. The van der Waals surface area contributed by atoms with Crippen molar-refractivity contribution in [2.75, 3.05) is 11.4 Å². The average Bonchev–Trinajstić information content (AvgIpc) is 2.53. The van der Waals surface area contributed by atoms with Gasteiger partial charge in [-0.05, 0) is 43.7 Å². The van der Waals surface area contributed by atoms with Crippen LogP contribution in [0.4, 0.5) is 5.69 Å². The molecule has 2 atom stereocenters. The summed E-state index contributed by atoms with van der Waals surface area (Å²) in [5.74, 6) is 1.02. The number of piperidine rings is 1. The van der Waals surface area contributed by atoms with Gasteiger partial charge in [-0.25, -0.2) is 0 Å². The van der Waals surface area contributed by atoms with Crippen molar-refractivity contribution in [1.82, 2.24) is 0 Å². The Labute approximate surface area is 120 Å². The number of rotatable bonds is 2. The lowest BCUT2D eigenvalue weighted by molar-refractivity contribution is 0.244. The van der Waals surface area contributed by atoms with Crippen LogP contribution in [0.15, 0.2) is 29.4 Å². The SMILES string of the molecule is N/C(=N\O)c1ccccc1N1CCCC2CCCCC21. The molecule has 4 nitrogen and oxygen atoms in total. The van der Waals surface area contributed by atoms with E-state index < -0.39 is 0 Å². The minimum atomic E-state index is 0.207. The van der Waals surface area contributed by atoms with Crippen LogP contribution in [0.3, 0.4) is 0 Å². The highest BCUT2D eigenvalue weighted by Crippen LogP contribution is 2.38. The molecule has 0 amide bonds. The monoisotopic (exact) mass is 273 g/mol. The van der Waals surface area contributed by atoms with Crippen molar-refractivity contribution in [2.45, 2.75) is 44.6 Å². The Morgan fingerprint density at radius 2 is 1.90 bits per heavy atom. The Morgan fingerprint density at radius 1 is 1.15 bits per heavy atom. The number of para-hydroxylation sites is 1. The van der Waals surface area contributed by atoms with E-state index >= 15 is 0 Å². The Hall–Kier alpha value is -1.71. The van der Waals surface area contributed by atoms with Crippen LogP contribution in [-0.2, 0) is 0 Å². The smallest absolute Gasteiger partial charge is 0.172 e. The predicted molar refractivity (Wildman–Crippen MR) is 81.3 cm³/mol. The molecule has 20 heavy (non-hydrogen) atoms. The summed E-state index contributed by atoms with van der Waals surface area (Å²) < 4.78 is 0. The molecule has 108 valence electrons. The average molecular weight is 273 g/mol. The highest BCUT2D eigenvalue weighted by Gasteiger charge is 2.34. The predicted octanol–water partition coefficient (Wildman–Crippen LogP) is 2.94. The number of amidine groups is 1. The van der Waals surface area contributed by atoms with E-state index in [1.54, 1.807) is 0 Å². The summed E-state index contributed by atoms with van der Waals surface area (Å²) in [7, 11) is 0. The molecule has 2 fully saturated rings. The minimum Gasteiger partial charge on any atom is -0.409 e. The number of hydrogen-bond donors (Lipinski definition) is 2. The van der Waals surface area contributed by atoms with Crippen molar-refractivity contribution in [3.05, 3.63) is 29.8 Å². The normalized spacial score (nSPS) is 27.2. The quantitative estimate of drug-likeness (QED) is 0.377. The van der Waals surface area contributed by atoms with Crippen LogP contribution in [0.2, 0.25) is 0 Å². The molecule has 1 aromatic carbocycles. The van der Waals surface area contributed by atoms with E-state index in [-0.39, 0.29) is 5.84 Å². The Kier molecular flexibility index (Phi) is 3.81. The summed E-state index contributed by atoms with van der Waals surface area (Å²) in [4.78, 5) is 2.50. The number of hydrogen-bond acceptors (Lipinski definition) is 3. The second kappa shape index (κ2) is 5.73. The zero-order valence-electron chi connectivity index (χ0n) is 11.8. The van der Waals surface area contributed by atoms with E-state index in [0.717, 1.165) is 23.7 Å². The lowest BCUT2D eigenvalue weighted by Crippen LogP contribution is -2.47. The molecule has 2 aliphatic rings. The van der Waals surface area contributed by atoms with E-state index in [0.29, 0.717) is 6.04 Å². The van der Waals surface area contributed by atoms with Gasteiger partial charge in [0.25, 0.3) is 0 Å². The fraction of sp³-hybridized carbons (Fsp3) is 0.562. The topological polar surface area (TPSA) is 61.9 Å². The summed E-state index contributed by atoms with van der Waals surface area (Å²) in [6, 6.07) is 8.65. The van der Waals surface area contributed by atoms with Gasteiger partial charge in [-0.3, -0.25) is 0 Å². The molecule has 0 spiro atoms. The summed E-state index contributed by atoms with van der Waals surface area (Å²) in [5.41, 5.74) is 7.82. The summed E-state index contributed by atoms with van der Waals surface area (Å²) in [6.07, 6.45) is 7.92. The second-order valence-corrected chi connectivity index (χ2v) is 5.95. The zero-order chi connectivity index (χ0) is 13.9. The molecular formula is C16H23N3O. The fourth-order valence-electron chi connectivity index (χ4n) is 3.92. The second-order valence-electron chi connectivity index (χ2n) is 5.95. The standard InChI is InChI=1S/C16H23N3O/c17-16(18-20)13-8-2-4-10-15(13)19-11-5-7-12-6-1-3-9-14(12)19/h2,4,8,10,12,14,20H,1,3,5-7,9,11H2,(H2,17,18). The molecule has 3 N–H and O–H groups in total. The van der Waals surface area contributed by atoms with Crippen LogP contribution >= 0.6 is 0 Å². The molecule has 0 radical (unpaired) electrons. The van der Waals surface area contributed by atoms with Gasteiger partial charge in [-0.2, -0.15) is 0 Å². The van der Waals surface area contributed by atoms with Gasteiger partial charge in [-0.15, -0.1) is 0 Å². The van der Waals surface area contributed by atoms with E-state index in [9.17, 15) is 0 Å². The molecular weight excluding hydrogens is 250 g/mol. The van der Waals surface area contributed by atoms with Crippen LogP contribution in [0.5, 0.6) is 0 Å². The zero-order valence-corrected chi connectivity index (χ0v) is 11.8. The molecule has 0 aromatic heterocycles. The maximum Gasteiger partial charge on any atom is 0.172 e. The van der Waals surface area contributed by atoms with Crippen molar-refractivity contribution >= 4 is 11.5 Å². The van der Waals surface area contributed by atoms with Crippen LogP contribution in [0, 0.1) is 5.92 Å². The maximum absolute atomic E-state index is 8.99. The number of benzene rings is 1. The van der Waals surface area contributed by atoms with Gasteiger partial charge in [0, 0.05) is 23.8 Å². The van der Waals surface area contributed by atoms with Crippen molar-refractivity contribution in [2.24, 2.45) is 16.8 Å². The first-order valence-corrected chi connectivity index (χ1v) is 7.65. The third kappa shape index (κ3) is 2.35. The minimum absolute atomic E-state index is 0.207. The highest BCUT2D eigenvalue weighted by molar-refractivity contribution is 6.02. The summed E-state index contributed by atoms with van der Waals surface area (Å²) in [5, 5.41) is 12.2. The van der Waals surface area contributed by atoms with Gasteiger partial charge < -0.3 is 15.8 Å². The Bertz CT molecular complexity index is 498. The lowest BCUT2D eigenvalue weighted by atomic mass is 9.78. The number of nitrogens with zero attached hydrogens (tertiary/aromatic N) is 2. The van der Waals surface area contributed by atoms with Crippen molar-refractivity contribution in [3.63, 3.8) is 0 Å². The lowest BCUT2D eigenvalue weighted by Gasteiger charge is -2.46. The number of nitrogens with two attached hydrogens (primary N) is 1. The molecule has 1 aliphatic heterocycles. The number of anilines is 1. The van der Waals surface area contributed by atoms with Crippen LogP contribution in [0.1, 0.15) is 44.1 Å². The van der Waals surface area contributed by atoms with Gasteiger partial charge in [0.05, 0.1) is 0 Å². The largest absolute Gasteiger partial charge is 0.409 e. The van der Waals surface area contributed by atoms with Gasteiger partial charge in [0.1, 0.15) is 0 Å². The summed E-state index contributed by atoms with van der Waals surface area (Å²) in [6.45, 7) is 1.08. The van der Waals surface area contributed by atoms with Gasteiger partial charge >= 0.3 is 0 Å². The van der Waals surface area contributed by atoms with Crippen LogP contribution in [-0.4, -0.2) is 23.6 Å². The molecule has 1 heterocycles. The van der Waals surface area contributed by atoms with Crippen molar-refractivity contribution in [1.29, 1.82) is 0 Å². The number of fused-ring (bicyclic) bond motifs is 1. The number of oxime groups is 1. The van der Waals surface area contributed by atoms with E-state index in [1.165, 1.54) is 38.5 Å². The van der Waals surface area contributed by atoms with Gasteiger partial charge in [0.15, 0.2) is 5.84 Å². The molecule has 1 saturated carbocycles. The highest BCUT2D eigenvalue weighted by atomic mass is 16.4. The first kappa shape index (κ1) is 13.3. The molecule has 0 bridgehead atoms. The third-order valence-corrected chi connectivity index (χ3v) is 4.84. The van der Waals surface area contributed by atoms with Crippen molar-refractivity contribution in [3.8, 4) is 0 Å². The summed E-state index contributed by atoms with van der Waals surface area (Å²) >= 11 is 0. The first-order chi connectivity index (χ1) is 9.81. The molecule has 3 rings (SSSR count). The van der Waals surface area contributed by atoms with Crippen molar-refractivity contribution < 1.29 is 5.21 Å². The van der Waals surface area contributed by atoms with Crippen LogP contribution < -0.4 is 10.6 Å². The third-order valence-electron chi connectivity index (χ3n) is 4.84. The van der Waals surface area contributed by atoms with E-state index in [4.69, 9.17) is 10.9 Å². The molecule has 1 saturated heterocycles. The molecule has 1 aliphatic carbocycles. The van der Waals surface area contributed by atoms with Crippen LogP contribution in [0.25, 0.3) is 0 Å². The molecule has 2 unspecified atom stereocenters. The van der Waals surface area contributed by atoms with Gasteiger partial charge in [0.2, 0.25) is 0 Å². The van der Waals surface area contributed by atoms with Gasteiger partial charge in [-0.1, -0.05) is 30.1 Å². The molecule has 1 aromatic rings. The first-order valence-electron chi connectivity index (χ1n) is 7.65.